The molecule has 0 atom stereocenters. The van der Waals surface area contributed by atoms with Gasteiger partial charge in [-0.3, -0.25) is 0 Å². The lowest BCUT2D eigenvalue weighted by Crippen LogP contribution is -2.13. The maximum absolute atomic E-state index is 4.73. The van der Waals surface area contributed by atoms with E-state index in [2.05, 4.69) is 45.0 Å². The number of aryl methyl sites for hydroxylation is 1. The molecule has 2 heteroatoms. The quantitative estimate of drug-likeness (QED) is 0.660. The van der Waals surface area contributed by atoms with Crippen molar-refractivity contribution in [2.45, 2.75) is 44.8 Å². The van der Waals surface area contributed by atoms with E-state index in [4.69, 9.17) is 4.40 Å². The molecule has 0 radical (unpaired) electrons. The molecule has 86 valence electrons. The topological polar surface area (TPSA) is 12.4 Å². The molecule has 0 saturated carbocycles. The number of hydrogen-bond acceptors (Lipinski definition) is 2. The van der Waals surface area contributed by atoms with Crippen molar-refractivity contribution in [2.24, 2.45) is 4.40 Å². The Morgan fingerprint density at radius 1 is 1.12 bits per heavy atom. The molecule has 1 aliphatic rings. The average Bonchev–Trinajstić information content (AvgIpc) is 2.25. The van der Waals surface area contributed by atoms with Gasteiger partial charge in [0.2, 0.25) is 0 Å². The molecule has 0 saturated heterocycles. The summed E-state index contributed by atoms with van der Waals surface area (Å²) in [5.41, 5.74) is 4.11. The third kappa shape index (κ3) is 2.88. The van der Waals surface area contributed by atoms with Gasteiger partial charge in [0, 0.05) is 4.75 Å². The number of hydrogen-bond donors (Lipinski definition) is 0. The van der Waals surface area contributed by atoms with Crippen molar-refractivity contribution in [3.8, 4) is 0 Å². The molecular formula is C14H19NS. The summed E-state index contributed by atoms with van der Waals surface area (Å²) in [5.74, 6) is 0. The van der Waals surface area contributed by atoms with Crippen molar-refractivity contribution >= 4 is 17.7 Å². The van der Waals surface area contributed by atoms with Gasteiger partial charge in [-0.05, 0) is 63.1 Å². The Morgan fingerprint density at radius 3 is 2.62 bits per heavy atom. The van der Waals surface area contributed by atoms with Crippen LogP contribution in [-0.2, 0) is 6.42 Å². The van der Waals surface area contributed by atoms with E-state index in [0.717, 1.165) is 6.42 Å². The summed E-state index contributed by atoms with van der Waals surface area (Å²) in [6.45, 7) is 6.61. The molecule has 0 aromatic heterocycles. The molecule has 0 N–H and O–H groups in total. The van der Waals surface area contributed by atoms with Gasteiger partial charge in [-0.15, -0.1) is 0 Å². The second-order valence-corrected chi connectivity index (χ2v) is 6.84. The van der Waals surface area contributed by atoms with Crippen LogP contribution in [0.4, 0.5) is 0 Å². The molecule has 1 aromatic carbocycles. The SMILES string of the molecule is CC(C)(C)S/N=C1\CCCc2ccccc21. The van der Waals surface area contributed by atoms with E-state index in [0.29, 0.717) is 0 Å². The van der Waals surface area contributed by atoms with Crippen molar-refractivity contribution in [1.29, 1.82) is 0 Å². The predicted molar refractivity (Wildman–Crippen MR) is 73.3 cm³/mol. The Labute approximate surface area is 102 Å². The summed E-state index contributed by atoms with van der Waals surface area (Å²) in [6, 6.07) is 8.67. The second-order valence-electron chi connectivity index (χ2n) is 5.25. The van der Waals surface area contributed by atoms with Crippen LogP contribution in [0.3, 0.4) is 0 Å². The molecule has 16 heavy (non-hydrogen) atoms. The highest BCUT2D eigenvalue weighted by atomic mass is 32.2. The Morgan fingerprint density at radius 2 is 1.88 bits per heavy atom. The largest absolute Gasteiger partial charge is 0.220 e. The van der Waals surface area contributed by atoms with Crippen LogP contribution in [0.2, 0.25) is 0 Å². The lowest BCUT2D eigenvalue weighted by molar-refractivity contribution is 0.802. The van der Waals surface area contributed by atoms with E-state index in [1.165, 1.54) is 29.7 Å². The Bertz CT molecular complexity index is 401. The second kappa shape index (κ2) is 4.62. The van der Waals surface area contributed by atoms with Crippen molar-refractivity contribution in [3.05, 3.63) is 35.4 Å². The van der Waals surface area contributed by atoms with Gasteiger partial charge in [0.1, 0.15) is 0 Å². The van der Waals surface area contributed by atoms with Crippen molar-refractivity contribution in [2.75, 3.05) is 0 Å². The minimum Gasteiger partial charge on any atom is -0.220 e. The molecular weight excluding hydrogens is 214 g/mol. The molecule has 1 aromatic rings. The summed E-state index contributed by atoms with van der Waals surface area (Å²) in [6.07, 6.45) is 3.57. The molecule has 0 aliphatic heterocycles. The standard InChI is InChI=1S/C14H19NS/c1-14(2,3)16-15-13-10-6-8-11-7-4-5-9-12(11)13/h4-5,7,9H,6,8,10H2,1-3H3/b15-13+. The van der Waals surface area contributed by atoms with E-state index in [9.17, 15) is 0 Å². The van der Waals surface area contributed by atoms with Gasteiger partial charge in [-0.2, -0.15) is 0 Å². The van der Waals surface area contributed by atoms with Crippen molar-refractivity contribution in [1.82, 2.24) is 0 Å². The van der Waals surface area contributed by atoms with Gasteiger partial charge >= 0.3 is 0 Å². The summed E-state index contributed by atoms with van der Waals surface area (Å²) in [7, 11) is 0. The molecule has 0 amide bonds. The first-order valence-electron chi connectivity index (χ1n) is 5.89. The van der Waals surface area contributed by atoms with Gasteiger partial charge in [0.25, 0.3) is 0 Å². The lowest BCUT2D eigenvalue weighted by atomic mass is 9.90. The Hall–Kier alpha value is -0.760. The highest BCUT2D eigenvalue weighted by molar-refractivity contribution is 7.99. The molecule has 1 nitrogen and oxygen atoms in total. The lowest BCUT2D eigenvalue weighted by Gasteiger charge is -2.19. The first-order valence-corrected chi connectivity index (χ1v) is 6.67. The molecule has 0 fully saturated rings. The molecule has 1 aliphatic carbocycles. The van der Waals surface area contributed by atoms with Crippen LogP contribution in [0.15, 0.2) is 28.7 Å². The highest BCUT2D eigenvalue weighted by Crippen LogP contribution is 2.28. The molecule has 0 unspecified atom stereocenters. The van der Waals surface area contributed by atoms with Gasteiger partial charge in [0.15, 0.2) is 0 Å². The molecule has 0 spiro atoms. The van der Waals surface area contributed by atoms with E-state index < -0.39 is 0 Å². The van der Waals surface area contributed by atoms with Crippen LogP contribution in [0.5, 0.6) is 0 Å². The van der Waals surface area contributed by atoms with Crippen molar-refractivity contribution in [3.63, 3.8) is 0 Å². The zero-order chi connectivity index (χ0) is 11.6. The van der Waals surface area contributed by atoms with Crippen molar-refractivity contribution < 1.29 is 0 Å². The molecule has 2 rings (SSSR count). The minimum atomic E-state index is 0.208. The fourth-order valence-corrected chi connectivity index (χ4v) is 2.46. The summed E-state index contributed by atoms with van der Waals surface area (Å²) in [5, 5.41) is 0. The molecule has 0 heterocycles. The first kappa shape index (κ1) is 11.7. The van der Waals surface area contributed by atoms with Crippen LogP contribution in [-0.4, -0.2) is 10.5 Å². The van der Waals surface area contributed by atoms with Crippen LogP contribution >= 0.6 is 11.9 Å². The third-order valence-corrected chi connectivity index (χ3v) is 3.48. The van der Waals surface area contributed by atoms with Gasteiger partial charge in [-0.1, -0.05) is 24.3 Å². The summed E-state index contributed by atoms with van der Waals surface area (Å²) < 4.78 is 4.94. The van der Waals surface area contributed by atoms with E-state index in [1.54, 1.807) is 11.9 Å². The van der Waals surface area contributed by atoms with E-state index in [1.807, 2.05) is 0 Å². The summed E-state index contributed by atoms with van der Waals surface area (Å²) in [4.78, 5) is 0. The Balaban J connectivity index is 2.25. The fourth-order valence-electron chi connectivity index (χ4n) is 1.89. The van der Waals surface area contributed by atoms with Gasteiger partial charge in [-0.25, -0.2) is 4.40 Å². The molecule has 0 bridgehead atoms. The van der Waals surface area contributed by atoms with Crippen LogP contribution in [0.25, 0.3) is 0 Å². The first-order chi connectivity index (χ1) is 7.56. The predicted octanol–water partition coefficient (Wildman–Crippen LogP) is 4.26. The monoisotopic (exact) mass is 233 g/mol. The number of rotatable bonds is 1. The third-order valence-electron chi connectivity index (χ3n) is 2.62. The smallest absolute Gasteiger partial charge is 0.0562 e. The maximum atomic E-state index is 4.73. The highest BCUT2D eigenvalue weighted by Gasteiger charge is 2.16. The number of fused-ring (bicyclic) bond motifs is 1. The average molecular weight is 233 g/mol. The maximum Gasteiger partial charge on any atom is 0.0562 e. The van der Waals surface area contributed by atoms with Gasteiger partial charge < -0.3 is 0 Å². The van der Waals surface area contributed by atoms with Gasteiger partial charge in [0.05, 0.1) is 5.71 Å². The summed E-state index contributed by atoms with van der Waals surface area (Å²) >= 11 is 1.69. The zero-order valence-corrected chi connectivity index (χ0v) is 11.1. The number of benzene rings is 1. The normalized spacial score (nSPS) is 18.6. The van der Waals surface area contributed by atoms with Crippen LogP contribution in [0, 0.1) is 0 Å². The number of nitrogens with zero attached hydrogens (tertiary/aromatic N) is 1. The minimum absolute atomic E-state index is 0.208. The Kier molecular flexibility index (Phi) is 3.38. The van der Waals surface area contributed by atoms with E-state index in [-0.39, 0.29) is 4.75 Å². The van der Waals surface area contributed by atoms with E-state index >= 15 is 0 Å². The van der Waals surface area contributed by atoms with Crippen LogP contribution < -0.4 is 0 Å². The van der Waals surface area contributed by atoms with Crippen LogP contribution in [0.1, 0.15) is 44.7 Å². The zero-order valence-electron chi connectivity index (χ0n) is 10.3. The fraction of sp³-hybridized carbons (Fsp3) is 0.500.